The molecule has 0 saturated carbocycles. The number of carbonyl (C=O) groups excluding carboxylic acids is 1. The maximum atomic E-state index is 12.0. The van der Waals surface area contributed by atoms with E-state index >= 15 is 0 Å². The summed E-state index contributed by atoms with van der Waals surface area (Å²) in [6.45, 7) is 4.38. The molecule has 4 aromatic rings. The van der Waals surface area contributed by atoms with E-state index in [0.29, 0.717) is 5.75 Å². The molecule has 9 nitrogen and oxygen atoms in total. The number of aliphatic carboxylic acids is 1. The van der Waals surface area contributed by atoms with Crippen LogP contribution in [0.3, 0.4) is 0 Å². The number of nitrogens with two attached hydrogens (primary N) is 1. The third-order valence-corrected chi connectivity index (χ3v) is 7.46. The molecule has 2 heterocycles. The SMILES string of the molecule is CC/C(=C(/c1ccc(OC(CC(=O)OC(C)N)C(=O)O)cc1)c1ccc2c(cnn2C2CCCCO2)c1)c1ccccc1. The minimum Gasteiger partial charge on any atom is -0.478 e. The number of carboxylic acid groups (broad SMARTS) is 1. The van der Waals surface area contributed by atoms with Gasteiger partial charge in [-0.25, -0.2) is 9.48 Å². The van der Waals surface area contributed by atoms with E-state index in [1.807, 2.05) is 41.2 Å². The number of fused-ring (bicyclic) bond motifs is 1. The van der Waals surface area contributed by atoms with Crippen LogP contribution in [0.5, 0.6) is 5.75 Å². The van der Waals surface area contributed by atoms with Gasteiger partial charge in [-0.15, -0.1) is 0 Å². The summed E-state index contributed by atoms with van der Waals surface area (Å²) in [4.78, 5) is 23.8. The Bertz CT molecular complexity index is 1590. The molecule has 5 rings (SSSR count). The monoisotopic (exact) mass is 583 g/mol. The largest absolute Gasteiger partial charge is 0.478 e. The molecule has 224 valence electrons. The highest BCUT2D eigenvalue weighted by molar-refractivity contribution is 6.00. The highest BCUT2D eigenvalue weighted by atomic mass is 16.6. The van der Waals surface area contributed by atoms with Crippen LogP contribution in [0.15, 0.2) is 79.0 Å². The molecule has 9 heteroatoms. The van der Waals surface area contributed by atoms with Gasteiger partial charge in [0.2, 0.25) is 6.10 Å². The van der Waals surface area contributed by atoms with Crippen molar-refractivity contribution >= 4 is 34.0 Å². The standard InChI is InChI=1S/C34H37N3O6/c1-3-28(23-9-5-4-6-10-23)33(25-14-17-29-26(19-25)21-36-37(29)31-11-7-8-18-41-31)24-12-15-27(16-13-24)43-30(34(39)40)20-32(38)42-22(2)35/h4-6,9-10,12-17,19,21-22,30-31H,3,7-8,11,18,20,35H2,1-2H3,(H,39,40)/b33-28+. The van der Waals surface area contributed by atoms with Gasteiger partial charge in [-0.1, -0.05) is 55.5 Å². The maximum Gasteiger partial charge on any atom is 0.345 e. The van der Waals surface area contributed by atoms with Gasteiger partial charge in [-0.3, -0.25) is 10.5 Å². The first-order valence-electron chi connectivity index (χ1n) is 14.7. The first-order chi connectivity index (χ1) is 20.8. The third kappa shape index (κ3) is 7.13. The summed E-state index contributed by atoms with van der Waals surface area (Å²) in [6.07, 6.45) is 3.07. The van der Waals surface area contributed by atoms with Gasteiger partial charge in [-0.05, 0) is 84.7 Å². The minimum absolute atomic E-state index is 0.0506. The van der Waals surface area contributed by atoms with E-state index in [2.05, 4.69) is 42.4 Å². The van der Waals surface area contributed by atoms with Gasteiger partial charge in [0.25, 0.3) is 0 Å². The summed E-state index contributed by atoms with van der Waals surface area (Å²) in [6, 6.07) is 23.9. The molecule has 1 fully saturated rings. The van der Waals surface area contributed by atoms with E-state index in [1.165, 1.54) is 12.5 Å². The van der Waals surface area contributed by atoms with E-state index in [4.69, 9.17) is 19.9 Å². The van der Waals surface area contributed by atoms with Gasteiger partial charge in [-0.2, -0.15) is 5.10 Å². The zero-order chi connectivity index (χ0) is 30.3. The van der Waals surface area contributed by atoms with Crippen molar-refractivity contribution in [3.63, 3.8) is 0 Å². The van der Waals surface area contributed by atoms with Crippen LogP contribution in [0.4, 0.5) is 0 Å². The van der Waals surface area contributed by atoms with Crippen molar-refractivity contribution in [2.45, 2.75) is 64.5 Å². The maximum absolute atomic E-state index is 12.0. The Kier molecular flexibility index (Phi) is 9.54. The summed E-state index contributed by atoms with van der Waals surface area (Å²) in [5, 5.41) is 15.3. The van der Waals surface area contributed by atoms with Crippen LogP contribution in [0, 0.1) is 0 Å². The Labute approximate surface area is 250 Å². The van der Waals surface area contributed by atoms with Crippen LogP contribution in [0.2, 0.25) is 0 Å². The zero-order valence-electron chi connectivity index (χ0n) is 24.4. The average molecular weight is 584 g/mol. The predicted molar refractivity (Wildman–Crippen MR) is 164 cm³/mol. The van der Waals surface area contributed by atoms with E-state index in [0.717, 1.165) is 65.5 Å². The second kappa shape index (κ2) is 13.7. The van der Waals surface area contributed by atoms with Crippen LogP contribution < -0.4 is 10.5 Å². The van der Waals surface area contributed by atoms with Gasteiger partial charge in [0.15, 0.2) is 6.23 Å². The average Bonchev–Trinajstić information content (AvgIpc) is 3.44. The van der Waals surface area contributed by atoms with Crippen LogP contribution in [0.1, 0.15) is 68.9 Å². The Morgan fingerprint density at radius 3 is 2.44 bits per heavy atom. The first kappa shape index (κ1) is 30.0. The second-order valence-electron chi connectivity index (χ2n) is 10.6. The summed E-state index contributed by atoms with van der Waals surface area (Å²) >= 11 is 0. The van der Waals surface area contributed by atoms with Crippen molar-refractivity contribution in [2.75, 3.05) is 6.61 Å². The molecule has 3 unspecified atom stereocenters. The number of benzene rings is 3. The number of allylic oxidation sites excluding steroid dienone is 1. The van der Waals surface area contributed by atoms with Crippen LogP contribution >= 0.6 is 0 Å². The topological polar surface area (TPSA) is 126 Å². The fraction of sp³-hybridized carbons (Fsp3) is 0.324. The number of hydrogen-bond acceptors (Lipinski definition) is 7. The number of nitrogens with zero attached hydrogens (tertiary/aromatic N) is 2. The molecule has 1 aromatic heterocycles. The first-order valence-corrected chi connectivity index (χ1v) is 14.7. The normalized spacial score (nSPS) is 17.1. The number of esters is 1. The minimum atomic E-state index is -1.41. The van der Waals surface area contributed by atoms with Crippen molar-refractivity contribution in [3.8, 4) is 5.75 Å². The van der Waals surface area contributed by atoms with E-state index in [1.54, 1.807) is 12.1 Å². The molecule has 3 aromatic carbocycles. The molecule has 3 atom stereocenters. The number of carboxylic acids is 1. The molecule has 3 N–H and O–H groups in total. The lowest BCUT2D eigenvalue weighted by atomic mass is 9.88. The summed E-state index contributed by atoms with van der Waals surface area (Å²) in [5.41, 5.74) is 11.8. The molecule has 43 heavy (non-hydrogen) atoms. The molecule has 0 spiro atoms. The third-order valence-electron chi connectivity index (χ3n) is 7.46. The van der Waals surface area contributed by atoms with E-state index in [9.17, 15) is 14.7 Å². The molecule has 0 aliphatic carbocycles. The highest BCUT2D eigenvalue weighted by Gasteiger charge is 2.25. The summed E-state index contributed by atoms with van der Waals surface area (Å²) in [5.74, 6) is -1.68. The summed E-state index contributed by atoms with van der Waals surface area (Å²) in [7, 11) is 0. The van der Waals surface area contributed by atoms with Gasteiger partial charge < -0.3 is 19.3 Å². The van der Waals surface area contributed by atoms with Gasteiger partial charge in [0, 0.05) is 12.0 Å². The van der Waals surface area contributed by atoms with Gasteiger partial charge in [0.05, 0.1) is 18.1 Å². The smallest absolute Gasteiger partial charge is 0.345 e. The van der Waals surface area contributed by atoms with Crippen LogP contribution in [-0.4, -0.2) is 45.8 Å². The van der Waals surface area contributed by atoms with Crippen LogP contribution in [-0.2, 0) is 19.1 Å². The fourth-order valence-corrected chi connectivity index (χ4v) is 5.49. The Balaban J connectivity index is 1.50. The van der Waals surface area contributed by atoms with Crippen molar-refractivity contribution in [1.29, 1.82) is 0 Å². The van der Waals surface area contributed by atoms with Crippen molar-refractivity contribution in [3.05, 3.63) is 95.7 Å². The molecule has 0 bridgehead atoms. The highest BCUT2D eigenvalue weighted by Crippen LogP contribution is 2.37. The fourth-order valence-electron chi connectivity index (χ4n) is 5.49. The lowest BCUT2D eigenvalue weighted by Gasteiger charge is -2.23. The number of rotatable bonds is 11. The molecule has 1 aliphatic heterocycles. The Morgan fingerprint density at radius 1 is 1.05 bits per heavy atom. The van der Waals surface area contributed by atoms with Crippen molar-refractivity contribution in [1.82, 2.24) is 9.78 Å². The lowest BCUT2D eigenvalue weighted by Crippen LogP contribution is -2.33. The number of ether oxygens (including phenoxy) is 3. The van der Waals surface area contributed by atoms with Crippen molar-refractivity contribution < 1.29 is 28.9 Å². The quantitative estimate of drug-likeness (QED) is 0.122. The number of aromatic nitrogens is 2. The number of hydrogen-bond donors (Lipinski definition) is 2. The van der Waals surface area contributed by atoms with E-state index in [-0.39, 0.29) is 6.23 Å². The van der Waals surface area contributed by atoms with E-state index < -0.39 is 30.7 Å². The predicted octanol–water partition coefficient (Wildman–Crippen LogP) is 6.17. The second-order valence-corrected chi connectivity index (χ2v) is 10.6. The molecular weight excluding hydrogens is 546 g/mol. The zero-order valence-corrected chi connectivity index (χ0v) is 24.4. The van der Waals surface area contributed by atoms with Gasteiger partial charge in [0.1, 0.15) is 12.0 Å². The van der Waals surface area contributed by atoms with Crippen molar-refractivity contribution in [2.24, 2.45) is 5.73 Å². The molecule has 0 radical (unpaired) electrons. The molecule has 1 aliphatic rings. The molecule has 1 saturated heterocycles. The van der Waals surface area contributed by atoms with Gasteiger partial charge >= 0.3 is 11.9 Å². The Morgan fingerprint density at radius 2 is 1.79 bits per heavy atom. The Hall–Kier alpha value is -4.47. The molecular formula is C34H37N3O6. The van der Waals surface area contributed by atoms with Crippen LogP contribution in [0.25, 0.3) is 22.0 Å². The summed E-state index contributed by atoms with van der Waals surface area (Å²) < 4.78 is 18.5. The lowest BCUT2D eigenvalue weighted by molar-refractivity contribution is -0.157. The number of carbonyl (C=O) groups is 2. The molecule has 0 amide bonds.